The number of carboxylic acids is 1. The van der Waals surface area contributed by atoms with Gasteiger partial charge < -0.3 is 20.5 Å². The van der Waals surface area contributed by atoms with Crippen LogP contribution in [-0.2, 0) is 14.4 Å². The quantitative estimate of drug-likeness (QED) is 0.699. The first-order chi connectivity index (χ1) is 11.0. The molecule has 0 aliphatic heterocycles. The number of carboxylic acid groups (broad SMARTS) is 1. The molecule has 7 heteroatoms. The average molecular weight is 318 g/mol. The van der Waals surface area contributed by atoms with Crippen LogP contribution in [-0.4, -0.2) is 35.0 Å². The molecular weight excluding hydrogens is 300 g/mol. The maximum absolute atomic E-state index is 11.8. The van der Waals surface area contributed by atoms with Gasteiger partial charge in [-0.25, -0.2) is 4.79 Å². The van der Waals surface area contributed by atoms with Crippen molar-refractivity contribution in [3.8, 4) is 5.75 Å². The number of rotatable bonds is 7. The highest BCUT2D eigenvalue weighted by Crippen LogP contribution is 2.35. The van der Waals surface area contributed by atoms with Gasteiger partial charge >= 0.3 is 5.97 Å². The van der Waals surface area contributed by atoms with Crippen LogP contribution >= 0.6 is 0 Å². The summed E-state index contributed by atoms with van der Waals surface area (Å²) in [6, 6.07) is 6.77. The number of hydrogen-bond acceptors (Lipinski definition) is 4. The van der Waals surface area contributed by atoms with Gasteiger partial charge in [-0.05, 0) is 37.8 Å². The van der Waals surface area contributed by atoms with Gasteiger partial charge in [-0.2, -0.15) is 0 Å². The van der Waals surface area contributed by atoms with Gasteiger partial charge in [0.25, 0.3) is 5.91 Å². The Balaban J connectivity index is 1.50. The third kappa shape index (κ3) is 3.80. The van der Waals surface area contributed by atoms with Crippen molar-refractivity contribution >= 4 is 23.5 Å². The predicted molar refractivity (Wildman–Crippen MR) is 81.0 cm³/mol. The largest absolute Gasteiger partial charge is 0.484 e. The fourth-order valence-electron chi connectivity index (χ4n) is 2.22. The number of ether oxygens (including phenoxy) is 1. The zero-order valence-corrected chi connectivity index (χ0v) is 12.5. The summed E-state index contributed by atoms with van der Waals surface area (Å²) in [5, 5.41) is 14.3. The summed E-state index contributed by atoms with van der Waals surface area (Å²) in [6.07, 6.45) is 2.73. The van der Waals surface area contributed by atoms with Gasteiger partial charge in [0.2, 0.25) is 5.91 Å². The van der Waals surface area contributed by atoms with Crippen molar-refractivity contribution in [2.75, 3.05) is 11.9 Å². The molecule has 1 aromatic rings. The van der Waals surface area contributed by atoms with E-state index < -0.39 is 17.4 Å². The van der Waals surface area contributed by atoms with Gasteiger partial charge in [0.05, 0.1) is 0 Å². The molecule has 2 fully saturated rings. The number of hydrogen-bond donors (Lipinski definition) is 3. The lowest BCUT2D eigenvalue weighted by Gasteiger charge is -2.13. The van der Waals surface area contributed by atoms with E-state index in [1.165, 1.54) is 0 Å². The van der Waals surface area contributed by atoms with E-state index in [0.717, 1.165) is 12.8 Å². The Labute approximate surface area is 133 Å². The van der Waals surface area contributed by atoms with Crippen LogP contribution in [0.15, 0.2) is 24.3 Å². The molecule has 0 atom stereocenters. The second-order valence-electron chi connectivity index (χ2n) is 6.02. The number of amides is 2. The highest BCUT2D eigenvalue weighted by molar-refractivity contribution is 5.94. The Morgan fingerprint density at radius 2 is 2.00 bits per heavy atom. The Kier molecular flexibility index (Phi) is 3.94. The van der Waals surface area contributed by atoms with Crippen LogP contribution in [0.3, 0.4) is 0 Å². The normalized spacial score (nSPS) is 17.9. The molecular formula is C16H18N2O5. The first-order valence-corrected chi connectivity index (χ1v) is 7.57. The van der Waals surface area contributed by atoms with Crippen LogP contribution in [0, 0.1) is 5.92 Å². The molecule has 3 rings (SSSR count). The highest BCUT2D eigenvalue weighted by atomic mass is 16.5. The fourth-order valence-corrected chi connectivity index (χ4v) is 2.22. The zero-order valence-electron chi connectivity index (χ0n) is 12.5. The molecule has 7 nitrogen and oxygen atoms in total. The van der Waals surface area contributed by atoms with Gasteiger partial charge in [0.15, 0.2) is 6.61 Å². The summed E-state index contributed by atoms with van der Waals surface area (Å²) in [7, 11) is 0. The fraction of sp³-hybridized carbons (Fsp3) is 0.438. The third-order valence-electron chi connectivity index (χ3n) is 3.96. The number of aliphatic carboxylic acids is 1. The number of benzene rings is 1. The topological polar surface area (TPSA) is 105 Å². The first-order valence-electron chi connectivity index (χ1n) is 7.57. The minimum atomic E-state index is -1.11. The molecule has 1 aromatic carbocycles. The summed E-state index contributed by atoms with van der Waals surface area (Å²) >= 11 is 0. The average Bonchev–Trinajstić information content (AvgIpc) is 3.38. The van der Waals surface area contributed by atoms with E-state index in [1.54, 1.807) is 24.3 Å². The molecule has 2 saturated carbocycles. The number of anilines is 1. The molecule has 0 aromatic heterocycles. The van der Waals surface area contributed by atoms with Crippen molar-refractivity contribution in [2.45, 2.75) is 31.2 Å². The SMILES string of the molecule is O=C(COc1cccc(NC(=O)C2CC2)c1)NC1(C(=O)O)CC1. The number of carbonyl (C=O) groups is 3. The van der Waals surface area contributed by atoms with Crippen molar-refractivity contribution in [2.24, 2.45) is 5.92 Å². The van der Waals surface area contributed by atoms with Crippen LogP contribution in [0.2, 0.25) is 0 Å². The molecule has 2 aliphatic rings. The molecule has 2 aliphatic carbocycles. The van der Waals surface area contributed by atoms with E-state index in [0.29, 0.717) is 24.3 Å². The van der Waals surface area contributed by atoms with E-state index in [1.807, 2.05) is 0 Å². The first kappa shape index (κ1) is 15.3. The lowest BCUT2D eigenvalue weighted by molar-refractivity contribution is -0.143. The molecule has 0 heterocycles. The lowest BCUT2D eigenvalue weighted by Crippen LogP contribution is -2.45. The second-order valence-corrected chi connectivity index (χ2v) is 6.02. The molecule has 0 spiro atoms. The van der Waals surface area contributed by atoms with E-state index in [9.17, 15) is 14.4 Å². The molecule has 3 N–H and O–H groups in total. The van der Waals surface area contributed by atoms with Gasteiger partial charge in [-0.3, -0.25) is 9.59 Å². The lowest BCUT2D eigenvalue weighted by atomic mass is 10.2. The Bertz CT molecular complexity index is 650. The second kappa shape index (κ2) is 5.91. The highest BCUT2D eigenvalue weighted by Gasteiger charge is 2.51. The van der Waals surface area contributed by atoms with Gasteiger partial charge in [-0.1, -0.05) is 6.07 Å². The zero-order chi connectivity index (χ0) is 16.4. The van der Waals surface area contributed by atoms with Crippen LogP contribution in [0.25, 0.3) is 0 Å². The smallest absolute Gasteiger partial charge is 0.329 e. The monoisotopic (exact) mass is 318 g/mol. The number of carbonyl (C=O) groups excluding carboxylic acids is 2. The minimum Gasteiger partial charge on any atom is -0.484 e. The maximum Gasteiger partial charge on any atom is 0.329 e. The van der Waals surface area contributed by atoms with Crippen LogP contribution in [0.4, 0.5) is 5.69 Å². The van der Waals surface area contributed by atoms with E-state index in [-0.39, 0.29) is 18.4 Å². The Morgan fingerprint density at radius 3 is 2.61 bits per heavy atom. The molecule has 23 heavy (non-hydrogen) atoms. The Hall–Kier alpha value is -2.57. The van der Waals surface area contributed by atoms with Crippen LogP contribution in [0.1, 0.15) is 25.7 Å². The molecule has 122 valence electrons. The summed E-state index contributed by atoms with van der Waals surface area (Å²) < 4.78 is 5.36. The summed E-state index contributed by atoms with van der Waals surface area (Å²) in [4.78, 5) is 34.5. The van der Waals surface area contributed by atoms with Gasteiger partial charge in [-0.15, -0.1) is 0 Å². The van der Waals surface area contributed by atoms with Crippen molar-refractivity contribution in [3.05, 3.63) is 24.3 Å². The minimum absolute atomic E-state index is 0.00275. The van der Waals surface area contributed by atoms with Gasteiger partial charge in [0, 0.05) is 17.7 Å². The molecule has 0 saturated heterocycles. The van der Waals surface area contributed by atoms with Crippen molar-refractivity contribution in [3.63, 3.8) is 0 Å². The standard InChI is InChI=1S/C16H18N2O5/c19-13(18-16(6-7-16)15(21)22)9-23-12-3-1-2-11(8-12)17-14(20)10-4-5-10/h1-3,8,10H,4-7,9H2,(H,17,20)(H,18,19)(H,21,22). The summed E-state index contributed by atoms with van der Waals surface area (Å²) in [6.45, 7) is -0.269. The number of nitrogens with one attached hydrogen (secondary N) is 2. The predicted octanol–water partition coefficient (Wildman–Crippen LogP) is 1.15. The van der Waals surface area contributed by atoms with Gasteiger partial charge in [0.1, 0.15) is 11.3 Å². The van der Waals surface area contributed by atoms with Crippen molar-refractivity contribution < 1.29 is 24.2 Å². The molecule has 0 unspecified atom stereocenters. The van der Waals surface area contributed by atoms with E-state index in [4.69, 9.17) is 9.84 Å². The van der Waals surface area contributed by atoms with E-state index >= 15 is 0 Å². The van der Waals surface area contributed by atoms with Crippen molar-refractivity contribution in [1.29, 1.82) is 0 Å². The summed E-state index contributed by atoms with van der Waals surface area (Å²) in [5.74, 6) is -0.949. The summed E-state index contributed by atoms with van der Waals surface area (Å²) in [5.41, 5.74) is -0.496. The maximum atomic E-state index is 11.8. The van der Waals surface area contributed by atoms with Crippen LogP contribution < -0.4 is 15.4 Å². The van der Waals surface area contributed by atoms with E-state index in [2.05, 4.69) is 10.6 Å². The molecule has 0 bridgehead atoms. The molecule has 2 amide bonds. The molecule has 0 radical (unpaired) electrons. The van der Waals surface area contributed by atoms with Crippen LogP contribution in [0.5, 0.6) is 5.75 Å². The van der Waals surface area contributed by atoms with Crippen molar-refractivity contribution in [1.82, 2.24) is 5.32 Å². The Morgan fingerprint density at radius 1 is 1.26 bits per heavy atom. The third-order valence-corrected chi connectivity index (χ3v) is 3.96.